The Morgan fingerprint density at radius 2 is 1.32 bits per heavy atom. The van der Waals surface area contributed by atoms with Gasteiger partial charge in [0, 0.05) is 0 Å². The first-order chi connectivity index (χ1) is 14.4. The fourth-order valence-electron chi connectivity index (χ4n) is 3.38. The molecule has 0 saturated carbocycles. The normalized spacial score (nSPS) is 45.5. The van der Waals surface area contributed by atoms with Gasteiger partial charge in [0.25, 0.3) is 0 Å². The third kappa shape index (κ3) is 5.76. The highest BCUT2D eigenvalue weighted by Crippen LogP contribution is 2.30. The number of ether oxygens (including phenoxy) is 4. The largest absolute Gasteiger partial charge is 0.391 e. The molecular weight excluding hydrogens is 424 g/mol. The van der Waals surface area contributed by atoms with Crippen molar-refractivity contribution in [3.8, 4) is 0 Å². The van der Waals surface area contributed by atoms with E-state index in [-0.39, 0.29) is 6.29 Å². The maximum atomic E-state index is 11.3. The van der Waals surface area contributed by atoms with E-state index in [1.165, 1.54) is 20.8 Å². The number of carbonyl (C=O) groups is 1. The number of rotatable bonds is 8. The Bertz CT molecular complexity index is 577. The quantitative estimate of drug-likeness (QED) is 0.161. The summed E-state index contributed by atoms with van der Waals surface area (Å²) in [5.74, 6) is 0. The lowest BCUT2D eigenvalue weighted by molar-refractivity contribution is -0.358. The Kier molecular flexibility index (Phi) is 9.27. The fraction of sp³-hybridized carbons (Fsp3) is 0.944. The lowest BCUT2D eigenvalue weighted by Crippen LogP contribution is -2.64. The molecule has 31 heavy (non-hydrogen) atoms. The highest BCUT2D eigenvalue weighted by atomic mass is 16.7. The number of hydrogen-bond acceptors (Lipinski definition) is 13. The molecule has 182 valence electrons. The summed E-state index contributed by atoms with van der Waals surface area (Å²) in [6, 6.07) is 0. The van der Waals surface area contributed by atoms with Crippen LogP contribution in [0.15, 0.2) is 0 Å². The van der Waals surface area contributed by atoms with Crippen LogP contribution in [-0.4, -0.2) is 133 Å². The molecule has 2 aliphatic heterocycles. The Morgan fingerprint density at radius 3 is 1.87 bits per heavy atom. The van der Waals surface area contributed by atoms with E-state index in [1.807, 2.05) is 0 Å². The molecule has 0 amide bonds. The molecule has 8 N–H and O–H groups in total. The molecule has 0 radical (unpaired) electrons. The topological polar surface area (TPSA) is 216 Å². The van der Waals surface area contributed by atoms with Gasteiger partial charge in [0.15, 0.2) is 18.9 Å². The van der Waals surface area contributed by atoms with Gasteiger partial charge in [-0.2, -0.15) is 0 Å². The standard InChI is InChI=1S/C18H32O13/c1-5(20)9(21)12(24)8(4-19)30-18-15(27)16(11(23)7(3)29-18)31-17-14(26)13(25)10(22)6(2)28-17/h4-18,20-27H,1-3H3/t5-,6-,7-,8-,9-,10-,11-,12-,13+,14+,15+,16+,17-,18-/m1/s1. The van der Waals surface area contributed by atoms with Crippen LogP contribution in [0.3, 0.4) is 0 Å². The molecule has 2 saturated heterocycles. The van der Waals surface area contributed by atoms with Crippen molar-refractivity contribution in [3.63, 3.8) is 0 Å². The monoisotopic (exact) mass is 456 g/mol. The van der Waals surface area contributed by atoms with Gasteiger partial charge in [-0.25, -0.2) is 0 Å². The molecule has 0 aromatic carbocycles. The zero-order chi connectivity index (χ0) is 23.6. The molecule has 2 heterocycles. The van der Waals surface area contributed by atoms with E-state index in [1.54, 1.807) is 0 Å². The smallest absolute Gasteiger partial charge is 0.187 e. The van der Waals surface area contributed by atoms with Gasteiger partial charge >= 0.3 is 0 Å². The second-order valence-corrected chi connectivity index (χ2v) is 7.93. The number of aldehydes is 1. The summed E-state index contributed by atoms with van der Waals surface area (Å²) in [4.78, 5) is 11.3. The van der Waals surface area contributed by atoms with Gasteiger partial charge in [0.1, 0.15) is 54.9 Å². The Hall–Kier alpha value is -0.810. The van der Waals surface area contributed by atoms with E-state index in [2.05, 4.69) is 0 Å². The first-order valence-electron chi connectivity index (χ1n) is 9.92. The van der Waals surface area contributed by atoms with Gasteiger partial charge in [-0.3, -0.25) is 0 Å². The lowest BCUT2D eigenvalue weighted by Gasteiger charge is -2.46. The van der Waals surface area contributed by atoms with Crippen molar-refractivity contribution in [1.29, 1.82) is 0 Å². The Morgan fingerprint density at radius 1 is 0.774 bits per heavy atom. The maximum Gasteiger partial charge on any atom is 0.187 e. The lowest BCUT2D eigenvalue weighted by atomic mass is 9.97. The third-order valence-electron chi connectivity index (χ3n) is 5.49. The van der Waals surface area contributed by atoms with Crippen LogP contribution in [0.5, 0.6) is 0 Å². The van der Waals surface area contributed by atoms with Crippen molar-refractivity contribution < 1.29 is 64.6 Å². The van der Waals surface area contributed by atoms with Gasteiger partial charge in [-0.05, 0) is 20.8 Å². The van der Waals surface area contributed by atoms with Crippen LogP contribution in [0.1, 0.15) is 20.8 Å². The summed E-state index contributed by atoms with van der Waals surface area (Å²) in [7, 11) is 0. The highest BCUT2D eigenvalue weighted by Gasteiger charge is 2.50. The van der Waals surface area contributed by atoms with Gasteiger partial charge in [-0.1, -0.05) is 0 Å². The highest BCUT2D eigenvalue weighted by molar-refractivity contribution is 5.57. The van der Waals surface area contributed by atoms with Crippen molar-refractivity contribution in [2.45, 2.75) is 107 Å². The van der Waals surface area contributed by atoms with E-state index >= 15 is 0 Å². The molecule has 2 rings (SSSR count). The summed E-state index contributed by atoms with van der Waals surface area (Å²) in [6.07, 6.45) is -21.0. The van der Waals surface area contributed by atoms with E-state index < -0.39 is 85.8 Å². The predicted molar refractivity (Wildman–Crippen MR) is 98.2 cm³/mol. The second kappa shape index (κ2) is 10.9. The molecule has 0 aromatic heterocycles. The van der Waals surface area contributed by atoms with Crippen molar-refractivity contribution in [3.05, 3.63) is 0 Å². The van der Waals surface area contributed by atoms with Crippen molar-refractivity contribution >= 4 is 6.29 Å². The van der Waals surface area contributed by atoms with Gasteiger partial charge in [0.2, 0.25) is 0 Å². The SMILES string of the molecule is C[C@@H](O)[C@@H](O)[C@H](O)[C@@H](C=O)O[C@H]1O[C@H](C)[C@@H](O)[C@H](O[C@H]2O[C@H](C)[C@@H](O)[C@H](O)[C@@H]2O)[C@@H]1O. The van der Waals surface area contributed by atoms with Crippen LogP contribution >= 0.6 is 0 Å². The minimum atomic E-state index is -1.85. The van der Waals surface area contributed by atoms with E-state index in [0.717, 1.165) is 0 Å². The number of carbonyl (C=O) groups excluding carboxylic acids is 1. The molecule has 0 unspecified atom stereocenters. The molecule has 13 nitrogen and oxygen atoms in total. The summed E-state index contributed by atoms with van der Waals surface area (Å²) in [5.41, 5.74) is 0. The molecule has 2 aliphatic rings. The van der Waals surface area contributed by atoms with Crippen LogP contribution < -0.4 is 0 Å². The van der Waals surface area contributed by atoms with Gasteiger partial charge in [-0.15, -0.1) is 0 Å². The number of aliphatic hydroxyl groups is 8. The van der Waals surface area contributed by atoms with Crippen LogP contribution in [0.25, 0.3) is 0 Å². The summed E-state index contributed by atoms with van der Waals surface area (Å²) >= 11 is 0. The van der Waals surface area contributed by atoms with E-state index in [0.29, 0.717) is 0 Å². The molecule has 14 atom stereocenters. The Balaban J connectivity index is 2.14. The molecule has 2 fully saturated rings. The van der Waals surface area contributed by atoms with Crippen LogP contribution in [0.4, 0.5) is 0 Å². The minimum Gasteiger partial charge on any atom is -0.391 e. The third-order valence-corrected chi connectivity index (χ3v) is 5.49. The van der Waals surface area contributed by atoms with Crippen molar-refractivity contribution in [1.82, 2.24) is 0 Å². The average Bonchev–Trinajstić information content (AvgIpc) is 2.73. The summed E-state index contributed by atoms with van der Waals surface area (Å²) in [5, 5.41) is 80.0. The summed E-state index contributed by atoms with van der Waals surface area (Å²) < 4.78 is 21.4. The molecule has 0 aromatic rings. The molecular formula is C18H32O13. The van der Waals surface area contributed by atoms with Crippen molar-refractivity contribution in [2.24, 2.45) is 0 Å². The van der Waals surface area contributed by atoms with Gasteiger partial charge < -0.3 is 64.6 Å². The average molecular weight is 456 g/mol. The predicted octanol–water partition coefficient (Wildman–Crippen LogP) is -4.65. The first-order valence-corrected chi connectivity index (χ1v) is 9.92. The van der Waals surface area contributed by atoms with E-state index in [4.69, 9.17) is 18.9 Å². The second-order valence-electron chi connectivity index (χ2n) is 7.93. The summed E-state index contributed by atoms with van der Waals surface area (Å²) in [6.45, 7) is 4.01. The van der Waals surface area contributed by atoms with Gasteiger partial charge in [0.05, 0.1) is 18.3 Å². The molecule has 0 aliphatic carbocycles. The molecule has 0 spiro atoms. The minimum absolute atomic E-state index is 0.144. The van der Waals surface area contributed by atoms with Crippen LogP contribution in [0.2, 0.25) is 0 Å². The number of hydrogen-bond donors (Lipinski definition) is 8. The Labute approximate surface area is 178 Å². The zero-order valence-corrected chi connectivity index (χ0v) is 17.3. The van der Waals surface area contributed by atoms with Crippen LogP contribution in [0, 0.1) is 0 Å². The zero-order valence-electron chi connectivity index (χ0n) is 17.3. The van der Waals surface area contributed by atoms with E-state index in [9.17, 15) is 45.6 Å². The van der Waals surface area contributed by atoms with Crippen molar-refractivity contribution in [2.75, 3.05) is 0 Å². The number of aliphatic hydroxyl groups excluding tert-OH is 8. The fourth-order valence-corrected chi connectivity index (χ4v) is 3.38. The van der Waals surface area contributed by atoms with Crippen LogP contribution in [-0.2, 0) is 23.7 Å². The maximum absolute atomic E-state index is 11.3. The molecule has 0 bridgehead atoms. The molecule has 13 heteroatoms. The first kappa shape index (κ1) is 26.4.